The molecule has 136 valence electrons. The number of nitrogens with zero attached hydrogens (tertiary/aromatic N) is 1. The molecule has 0 N–H and O–H groups in total. The average Bonchev–Trinajstić information content (AvgIpc) is 3.00. The van der Waals surface area contributed by atoms with Crippen LogP contribution in [-0.4, -0.2) is 16.5 Å². The number of carbonyl (C=O) groups excluding carboxylic acids is 2. The smallest absolute Gasteiger partial charge is 0.276 e. The molecule has 1 saturated carbocycles. The van der Waals surface area contributed by atoms with Crippen molar-refractivity contribution in [3.63, 3.8) is 0 Å². The van der Waals surface area contributed by atoms with E-state index in [4.69, 9.17) is 0 Å². The Hall–Kier alpha value is -3.08. The molecule has 0 saturated heterocycles. The Bertz CT molecular complexity index is 960. The van der Waals surface area contributed by atoms with E-state index in [1.54, 1.807) is 24.3 Å². The zero-order chi connectivity index (χ0) is 19.0. The number of benzene rings is 2. The summed E-state index contributed by atoms with van der Waals surface area (Å²) in [7, 11) is 0. The zero-order valence-corrected chi connectivity index (χ0v) is 14.8. The molecule has 4 rings (SSSR count). The maximum absolute atomic E-state index is 13.0. The Labute approximate surface area is 156 Å². The van der Waals surface area contributed by atoms with Crippen LogP contribution >= 0.6 is 0 Å². The van der Waals surface area contributed by atoms with Crippen LogP contribution in [0, 0.1) is 16.0 Å². The van der Waals surface area contributed by atoms with Gasteiger partial charge in [0.25, 0.3) is 5.69 Å². The second kappa shape index (κ2) is 6.58. The molecule has 27 heavy (non-hydrogen) atoms. The van der Waals surface area contributed by atoms with Gasteiger partial charge in [-0.2, -0.15) is 0 Å². The molecular weight excluding hydrogens is 342 g/mol. The van der Waals surface area contributed by atoms with Crippen molar-refractivity contribution in [3.05, 3.63) is 81.4 Å². The minimum atomic E-state index is -1.13. The van der Waals surface area contributed by atoms with Crippen LogP contribution in [0.5, 0.6) is 0 Å². The molecule has 1 spiro atoms. The molecule has 2 aromatic carbocycles. The van der Waals surface area contributed by atoms with Crippen molar-refractivity contribution in [2.24, 2.45) is 5.92 Å². The van der Waals surface area contributed by atoms with E-state index in [0.717, 1.165) is 11.1 Å². The Morgan fingerprint density at radius 1 is 1.00 bits per heavy atom. The van der Waals surface area contributed by atoms with Gasteiger partial charge in [0.1, 0.15) is 5.41 Å². The average molecular weight is 361 g/mol. The monoisotopic (exact) mass is 361 g/mol. The Morgan fingerprint density at radius 3 is 2.41 bits per heavy atom. The molecule has 0 amide bonds. The Kier molecular flexibility index (Phi) is 4.22. The number of para-hydroxylation sites is 1. The lowest BCUT2D eigenvalue weighted by molar-refractivity contribution is -0.385. The van der Waals surface area contributed by atoms with Crippen molar-refractivity contribution in [2.45, 2.75) is 31.1 Å². The second-order valence-electron chi connectivity index (χ2n) is 7.15. The molecule has 2 aliphatic carbocycles. The molecule has 1 fully saturated rings. The Morgan fingerprint density at radius 2 is 1.67 bits per heavy atom. The molecule has 2 aliphatic rings. The number of nitro benzene ring substituents is 1. The molecule has 1 unspecified atom stereocenters. The van der Waals surface area contributed by atoms with Gasteiger partial charge in [0.05, 0.1) is 10.5 Å². The van der Waals surface area contributed by atoms with Crippen LogP contribution in [0.4, 0.5) is 5.69 Å². The summed E-state index contributed by atoms with van der Waals surface area (Å²) in [5, 5.41) is 11.3. The highest BCUT2D eigenvalue weighted by Crippen LogP contribution is 2.49. The second-order valence-corrected chi connectivity index (χ2v) is 7.15. The van der Waals surface area contributed by atoms with E-state index in [9.17, 15) is 19.7 Å². The van der Waals surface area contributed by atoms with Gasteiger partial charge in [-0.05, 0) is 30.0 Å². The number of rotatable bonds is 3. The van der Waals surface area contributed by atoms with Gasteiger partial charge in [-0.3, -0.25) is 19.7 Å². The first-order chi connectivity index (χ1) is 13.0. The molecule has 1 atom stereocenters. The molecule has 0 aliphatic heterocycles. The van der Waals surface area contributed by atoms with Gasteiger partial charge in [0, 0.05) is 24.8 Å². The number of carbonyl (C=O) groups is 2. The SMILES string of the molecule is O=C1CCCC(=O)C12c1ccccc1CC2/C=C/c1ccccc1[N+](=O)[O-]. The number of nitro groups is 1. The molecular formula is C22H19NO4. The van der Waals surface area contributed by atoms with Crippen molar-refractivity contribution in [1.82, 2.24) is 0 Å². The van der Waals surface area contributed by atoms with E-state index in [-0.39, 0.29) is 23.2 Å². The van der Waals surface area contributed by atoms with Crippen LogP contribution in [0.3, 0.4) is 0 Å². The van der Waals surface area contributed by atoms with E-state index >= 15 is 0 Å². The third-order valence-electron chi connectivity index (χ3n) is 5.77. The van der Waals surface area contributed by atoms with Gasteiger partial charge >= 0.3 is 0 Å². The van der Waals surface area contributed by atoms with Crippen LogP contribution in [0.2, 0.25) is 0 Å². The van der Waals surface area contributed by atoms with Crippen LogP contribution in [0.15, 0.2) is 54.6 Å². The minimum absolute atomic E-state index is 0.0135. The van der Waals surface area contributed by atoms with Crippen molar-refractivity contribution in [3.8, 4) is 0 Å². The van der Waals surface area contributed by atoms with Crippen molar-refractivity contribution < 1.29 is 14.5 Å². The number of allylic oxidation sites excluding steroid dienone is 1. The van der Waals surface area contributed by atoms with Gasteiger partial charge in [-0.15, -0.1) is 0 Å². The van der Waals surface area contributed by atoms with Crippen LogP contribution < -0.4 is 0 Å². The standard InChI is InChI=1S/C22H19NO4/c24-20-10-5-11-21(25)22(20)17(14-16-7-1-3-8-18(16)22)13-12-15-6-2-4-9-19(15)23(26)27/h1-4,6-9,12-13,17H,5,10-11,14H2/b13-12+. The number of fused-ring (bicyclic) bond motifs is 2. The van der Waals surface area contributed by atoms with Crippen molar-refractivity contribution in [2.75, 3.05) is 0 Å². The van der Waals surface area contributed by atoms with E-state index in [0.29, 0.717) is 31.2 Å². The fourth-order valence-corrected chi connectivity index (χ4v) is 4.57. The zero-order valence-electron chi connectivity index (χ0n) is 14.8. The van der Waals surface area contributed by atoms with Gasteiger partial charge in [0.2, 0.25) is 0 Å². The lowest BCUT2D eigenvalue weighted by Crippen LogP contribution is -2.49. The van der Waals surface area contributed by atoms with E-state index < -0.39 is 10.3 Å². The third-order valence-corrected chi connectivity index (χ3v) is 5.77. The summed E-state index contributed by atoms with van der Waals surface area (Å²) in [6, 6.07) is 14.1. The topological polar surface area (TPSA) is 77.3 Å². The lowest BCUT2D eigenvalue weighted by Gasteiger charge is -2.35. The summed E-state index contributed by atoms with van der Waals surface area (Å²) in [5.41, 5.74) is 1.19. The predicted molar refractivity (Wildman–Crippen MR) is 101 cm³/mol. The fourth-order valence-electron chi connectivity index (χ4n) is 4.57. The summed E-state index contributed by atoms with van der Waals surface area (Å²) in [4.78, 5) is 36.9. The van der Waals surface area contributed by atoms with Crippen molar-refractivity contribution in [1.29, 1.82) is 0 Å². The molecule has 2 aromatic rings. The maximum atomic E-state index is 13.0. The lowest BCUT2D eigenvalue weighted by atomic mass is 9.63. The summed E-state index contributed by atoms with van der Waals surface area (Å²) in [6.45, 7) is 0. The van der Waals surface area contributed by atoms with Crippen LogP contribution in [-0.2, 0) is 21.4 Å². The van der Waals surface area contributed by atoms with E-state index in [1.807, 2.05) is 30.3 Å². The van der Waals surface area contributed by atoms with Gasteiger partial charge in [0.15, 0.2) is 11.6 Å². The van der Waals surface area contributed by atoms with Gasteiger partial charge < -0.3 is 0 Å². The summed E-state index contributed by atoms with van der Waals surface area (Å²) in [5.74, 6) is -0.364. The van der Waals surface area contributed by atoms with Crippen molar-refractivity contribution >= 4 is 23.3 Å². The number of Topliss-reactive ketones (excluding diaryl/α,β-unsaturated/α-hetero) is 2. The largest absolute Gasteiger partial charge is 0.298 e. The maximum Gasteiger partial charge on any atom is 0.276 e. The highest BCUT2D eigenvalue weighted by atomic mass is 16.6. The first-order valence-electron chi connectivity index (χ1n) is 9.11. The van der Waals surface area contributed by atoms with Gasteiger partial charge in [-0.1, -0.05) is 48.6 Å². The number of ketones is 2. The van der Waals surface area contributed by atoms with E-state index in [2.05, 4.69) is 0 Å². The molecule has 5 nitrogen and oxygen atoms in total. The van der Waals surface area contributed by atoms with E-state index in [1.165, 1.54) is 6.07 Å². The van der Waals surface area contributed by atoms with Crippen LogP contribution in [0.25, 0.3) is 6.08 Å². The minimum Gasteiger partial charge on any atom is -0.298 e. The van der Waals surface area contributed by atoms with Gasteiger partial charge in [-0.25, -0.2) is 0 Å². The molecule has 0 bridgehead atoms. The fraction of sp³-hybridized carbons (Fsp3) is 0.273. The molecule has 0 heterocycles. The molecule has 0 radical (unpaired) electrons. The first kappa shape index (κ1) is 17.3. The predicted octanol–water partition coefficient (Wildman–Crippen LogP) is 4.04. The highest BCUT2D eigenvalue weighted by Gasteiger charge is 2.56. The molecule has 5 heteroatoms. The molecule has 0 aromatic heterocycles. The number of hydrogen-bond acceptors (Lipinski definition) is 4. The van der Waals surface area contributed by atoms with Crippen LogP contribution in [0.1, 0.15) is 36.0 Å². The normalized spacial score (nSPS) is 21.0. The summed E-state index contributed by atoms with van der Waals surface area (Å²) < 4.78 is 0. The third kappa shape index (κ3) is 2.62. The first-order valence-corrected chi connectivity index (χ1v) is 9.11. The number of hydrogen-bond donors (Lipinski definition) is 0. The summed E-state index contributed by atoms with van der Waals surface area (Å²) in [6.07, 6.45) is 5.49. The highest BCUT2D eigenvalue weighted by molar-refractivity contribution is 6.15. The summed E-state index contributed by atoms with van der Waals surface area (Å²) >= 11 is 0. The Balaban J connectivity index is 1.80. The quantitative estimate of drug-likeness (QED) is 0.470.